The maximum Gasteiger partial charge on any atom is 0.126 e. The van der Waals surface area contributed by atoms with Crippen molar-refractivity contribution in [3.05, 3.63) is 240 Å². The third-order valence-corrected chi connectivity index (χ3v) is 12.6. The molecular formula is C55H39N4S-. The van der Waals surface area contributed by atoms with Crippen LogP contribution in [0.4, 0.5) is 17.1 Å². The van der Waals surface area contributed by atoms with E-state index in [1.54, 1.807) is 0 Å². The van der Waals surface area contributed by atoms with Gasteiger partial charge in [-0.15, -0.1) is 11.3 Å². The average Bonchev–Trinajstić information content (AvgIpc) is 3.71. The number of amidine groups is 1. The largest absolute Gasteiger partial charge is 0.613 e. The van der Waals surface area contributed by atoms with E-state index in [4.69, 9.17) is 10.3 Å². The molecule has 1 aromatic heterocycles. The van der Waals surface area contributed by atoms with Crippen molar-refractivity contribution in [2.45, 2.75) is 12.3 Å². The van der Waals surface area contributed by atoms with Crippen molar-refractivity contribution in [1.29, 1.82) is 0 Å². The van der Waals surface area contributed by atoms with Crippen molar-refractivity contribution in [3.8, 4) is 22.3 Å². The van der Waals surface area contributed by atoms with Crippen molar-refractivity contribution in [1.82, 2.24) is 5.32 Å². The number of hydrogen-bond donors (Lipinski definition) is 1. The molecule has 0 amide bonds. The molecule has 2 unspecified atom stereocenters. The standard InChI is InChI=1S/C55H39N4S/c1-4-15-37(16-5-1)39-29-31-43(32-30-39)59(44-24-12-23-42(35-44)38-17-6-2-7-18-38)45-33-34-48-51(36-45)60-50-28-14-27-49(52(48)50)55-57-53(41-20-8-3-9-21-41)56-54(58-55)47-26-13-22-40-19-10-11-25-46(40)47/h1-36,53-54H,(H,57,58)/q-1. The van der Waals surface area contributed by atoms with Gasteiger partial charge in [0, 0.05) is 42.8 Å². The highest BCUT2D eigenvalue weighted by molar-refractivity contribution is 7.26. The molecule has 5 heteroatoms. The van der Waals surface area contributed by atoms with Gasteiger partial charge in [-0.2, -0.15) is 0 Å². The summed E-state index contributed by atoms with van der Waals surface area (Å²) in [6.45, 7) is 0. The summed E-state index contributed by atoms with van der Waals surface area (Å²) >= 11 is 1.82. The van der Waals surface area contributed by atoms with Gasteiger partial charge in [-0.3, -0.25) is 4.99 Å². The maximum absolute atomic E-state index is 5.41. The van der Waals surface area contributed by atoms with Gasteiger partial charge in [0.15, 0.2) is 0 Å². The number of rotatable bonds is 8. The van der Waals surface area contributed by atoms with Gasteiger partial charge in [0.25, 0.3) is 0 Å². The molecule has 0 fully saturated rings. The van der Waals surface area contributed by atoms with Crippen molar-refractivity contribution in [3.63, 3.8) is 0 Å². The van der Waals surface area contributed by atoms with Crippen LogP contribution in [0, 0.1) is 0 Å². The summed E-state index contributed by atoms with van der Waals surface area (Å²) in [5.74, 6) is 0.851. The van der Waals surface area contributed by atoms with Crippen molar-refractivity contribution >= 4 is 65.2 Å². The molecule has 11 rings (SSSR count). The molecule has 286 valence electrons. The van der Waals surface area contributed by atoms with Crippen LogP contribution in [0.5, 0.6) is 0 Å². The van der Waals surface area contributed by atoms with Crippen LogP contribution in [0.1, 0.15) is 29.0 Å². The predicted molar refractivity (Wildman–Crippen MR) is 254 cm³/mol. The monoisotopic (exact) mass is 787 g/mol. The summed E-state index contributed by atoms with van der Waals surface area (Å²) in [6.07, 6.45) is -0.638. The summed E-state index contributed by atoms with van der Waals surface area (Å²) in [5.41, 5.74) is 11.3. The lowest BCUT2D eigenvalue weighted by molar-refractivity contribution is 0.633. The van der Waals surface area contributed by atoms with Gasteiger partial charge >= 0.3 is 0 Å². The molecule has 0 bridgehead atoms. The highest BCUT2D eigenvalue weighted by atomic mass is 32.1. The Labute approximate surface area is 353 Å². The second-order valence-corrected chi connectivity index (χ2v) is 16.2. The molecule has 1 N–H and O–H groups in total. The lowest BCUT2D eigenvalue weighted by Crippen LogP contribution is -2.34. The normalized spacial score (nSPS) is 15.2. The Bertz CT molecular complexity index is 3150. The molecule has 2 heterocycles. The van der Waals surface area contributed by atoms with Crippen LogP contribution >= 0.6 is 11.3 Å². The van der Waals surface area contributed by atoms with Crippen LogP contribution in [0.15, 0.2) is 223 Å². The molecule has 0 saturated heterocycles. The Balaban J connectivity index is 1.04. The Morgan fingerprint density at radius 1 is 0.467 bits per heavy atom. The molecule has 1 aliphatic heterocycles. The third kappa shape index (κ3) is 6.70. The molecule has 0 spiro atoms. The van der Waals surface area contributed by atoms with Gasteiger partial charge in [0.2, 0.25) is 0 Å². The Morgan fingerprint density at radius 3 is 1.88 bits per heavy atom. The first kappa shape index (κ1) is 35.8. The Morgan fingerprint density at radius 2 is 1.08 bits per heavy atom. The van der Waals surface area contributed by atoms with Crippen LogP contribution < -0.4 is 10.2 Å². The number of fused-ring (bicyclic) bond motifs is 4. The van der Waals surface area contributed by atoms with Crippen LogP contribution in [0.2, 0.25) is 0 Å². The summed E-state index contributed by atoms with van der Waals surface area (Å²) in [7, 11) is 0. The fourth-order valence-electron chi connectivity index (χ4n) is 8.57. The molecule has 1 aliphatic rings. The minimum Gasteiger partial charge on any atom is -0.613 e. The van der Waals surface area contributed by atoms with E-state index in [0.29, 0.717) is 0 Å². The third-order valence-electron chi connectivity index (χ3n) is 11.5. The van der Waals surface area contributed by atoms with Crippen LogP contribution in [0.25, 0.3) is 58.5 Å². The summed E-state index contributed by atoms with van der Waals surface area (Å²) in [5, 5.41) is 13.8. The highest BCUT2D eigenvalue weighted by Crippen LogP contribution is 2.44. The summed E-state index contributed by atoms with van der Waals surface area (Å²) in [4.78, 5) is 7.78. The number of nitrogens with zero attached hydrogens (tertiary/aromatic N) is 3. The molecule has 2 atom stereocenters. The molecule has 60 heavy (non-hydrogen) atoms. The molecule has 10 aromatic rings. The molecule has 0 radical (unpaired) electrons. The quantitative estimate of drug-likeness (QED) is 0.167. The van der Waals surface area contributed by atoms with E-state index in [-0.39, 0.29) is 12.3 Å². The van der Waals surface area contributed by atoms with E-state index in [2.05, 4.69) is 229 Å². The molecule has 4 nitrogen and oxygen atoms in total. The van der Waals surface area contributed by atoms with E-state index in [0.717, 1.165) is 39.6 Å². The zero-order valence-electron chi connectivity index (χ0n) is 32.7. The van der Waals surface area contributed by atoms with Crippen molar-refractivity contribution in [2.75, 3.05) is 4.90 Å². The fraction of sp³-hybridized carbons (Fsp3) is 0.0364. The first-order chi connectivity index (χ1) is 29.7. The summed E-state index contributed by atoms with van der Waals surface area (Å²) in [6, 6.07) is 77.9. The van der Waals surface area contributed by atoms with Gasteiger partial charge in [0.05, 0.1) is 0 Å². The highest BCUT2D eigenvalue weighted by Gasteiger charge is 2.22. The van der Waals surface area contributed by atoms with Gasteiger partial charge < -0.3 is 15.5 Å². The van der Waals surface area contributed by atoms with E-state index < -0.39 is 0 Å². The first-order valence-corrected chi connectivity index (χ1v) is 21.2. The average molecular weight is 788 g/mol. The summed E-state index contributed by atoms with van der Waals surface area (Å²) < 4.78 is 2.43. The predicted octanol–water partition coefficient (Wildman–Crippen LogP) is 15.1. The molecule has 0 aliphatic carbocycles. The second kappa shape index (κ2) is 15.5. The maximum atomic E-state index is 5.41. The van der Waals surface area contributed by atoms with E-state index in [1.807, 2.05) is 11.3 Å². The van der Waals surface area contributed by atoms with Gasteiger partial charge in [-0.05, 0) is 98.9 Å². The smallest absolute Gasteiger partial charge is 0.126 e. The topological polar surface area (TPSA) is 41.7 Å². The molecule has 9 aromatic carbocycles. The molecule has 0 saturated carbocycles. The second-order valence-electron chi connectivity index (χ2n) is 15.2. The van der Waals surface area contributed by atoms with Crippen molar-refractivity contribution in [2.24, 2.45) is 4.99 Å². The Hall–Kier alpha value is -7.31. The molecular weight excluding hydrogens is 749 g/mol. The number of anilines is 3. The number of hydrogen-bond acceptors (Lipinski definition) is 4. The lowest BCUT2D eigenvalue weighted by atomic mass is 10.00. The number of thiophene rings is 1. The number of nitrogens with one attached hydrogen (secondary N) is 1. The van der Waals surface area contributed by atoms with Crippen molar-refractivity contribution < 1.29 is 0 Å². The van der Waals surface area contributed by atoms with Gasteiger partial charge in [-0.1, -0.05) is 176 Å². The van der Waals surface area contributed by atoms with E-state index in [9.17, 15) is 0 Å². The minimum absolute atomic E-state index is 0.261. The fourth-order valence-corrected chi connectivity index (χ4v) is 9.73. The zero-order chi connectivity index (χ0) is 39.8. The lowest BCUT2D eigenvalue weighted by Gasteiger charge is -2.44. The van der Waals surface area contributed by atoms with Gasteiger partial charge in [-0.25, -0.2) is 0 Å². The van der Waals surface area contributed by atoms with Crippen LogP contribution in [-0.2, 0) is 0 Å². The SMILES string of the molecule is c1ccc(-c2ccc(N(c3cccc(-c4ccccc4)c3)c3ccc4c(c3)sc3cccc(C5=NC(c6cccc7ccccc67)[N-]C(c6ccccc6)N5)c34)cc2)cc1. The first-order valence-electron chi connectivity index (χ1n) is 20.4. The zero-order valence-corrected chi connectivity index (χ0v) is 33.5. The Kier molecular flexibility index (Phi) is 9.23. The van der Waals surface area contributed by atoms with E-state index in [1.165, 1.54) is 53.2 Å². The van der Waals surface area contributed by atoms with Crippen LogP contribution in [-0.4, -0.2) is 5.84 Å². The minimum atomic E-state index is -0.377. The van der Waals surface area contributed by atoms with Crippen LogP contribution in [0.3, 0.4) is 0 Å². The number of aliphatic imine (C=N–C) groups is 1. The number of benzene rings is 9. The van der Waals surface area contributed by atoms with Gasteiger partial charge in [0.1, 0.15) is 5.84 Å². The van der Waals surface area contributed by atoms with E-state index >= 15 is 0 Å².